The van der Waals surface area contributed by atoms with Crippen molar-refractivity contribution in [1.82, 2.24) is 4.98 Å². The molecule has 90 valence electrons. The van der Waals surface area contributed by atoms with Gasteiger partial charge < -0.3 is 5.32 Å². The predicted molar refractivity (Wildman–Crippen MR) is 75.1 cm³/mol. The van der Waals surface area contributed by atoms with Crippen molar-refractivity contribution in [3.8, 4) is 0 Å². The van der Waals surface area contributed by atoms with Crippen LogP contribution in [0.25, 0.3) is 10.2 Å². The van der Waals surface area contributed by atoms with Gasteiger partial charge in [0, 0.05) is 10.6 Å². The second kappa shape index (κ2) is 4.14. The summed E-state index contributed by atoms with van der Waals surface area (Å²) in [7, 11) is 0. The summed E-state index contributed by atoms with van der Waals surface area (Å²) in [6, 6.07) is 5.87. The summed E-state index contributed by atoms with van der Waals surface area (Å²) in [5.74, 6) is 0. The molecular formula is C13H15ClN2S. The molecule has 2 nitrogen and oxygen atoms in total. The van der Waals surface area contributed by atoms with Gasteiger partial charge in [-0.15, -0.1) is 0 Å². The highest BCUT2D eigenvalue weighted by atomic mass is 35.5. The van der Waals surface area contributed by atoms with Crippen LogP contribution in [-0.2, 0) is 0 Å². The Bertz CT molecular complexity index is 540. The first kappa shape index (κ1) is 11.3. The highest BCUT2D eigenvalue weighted by molar-refractivity contribution is 7.22. The smallest absolute Gasteiger partial charge is 0.184 e. The highest BCUT2D eigenvalue weighted by Gasteiger charge is 2.35. The summed E-state index contributed by atoms with van der Waals surface area (Å²) in [6.07, 6.45) is 5.03. The van der Waals surface area contributed by atoms with Crippen LogP contribution >= 0.6 is 22.9 Å². The molecule has 0 unspecified atom stereocenters. The van der Waals surface area contributed by atoms with Crippen LogP contribution in [0.3, 0.4) is 0 Å². The average Bonchev–Trinajstić information content (AvgIpc) is 2.65. The van der Waals surface area contributed by atoms with Gasteiger partial charge in [-0.25, -0.2) is 4.98 Å². The fraction of sp³-hybridized carbons (Fsp3) is 0.462. The molecule has 1 fully saturated rings. The third-order valence-corrected chi connectivity index (χ3v) is 4.88. The lowest BCUT2D eigenvalue weighted by Crippen LogP contribution is -2.44. The Hall–Kier alpha value is -0.800. The van der Waals surface area contributed by atoms with E-state index in [0.29, 0.717) is 5.54 Å². The van der Waals surface area contributed by atoms with E-state index in [9.17, 15) is 0 Å². The standard InChI is InChI=1S/C13H15ClN2S/c1-2-13(6-3-7-13)16-12-15-10-5-4-9(14)8-11(10)17-12/h4-5,8H,2-3,6-7H2,1H3,(H,15,16). The molecule has 0 saturated heterocycles. The van der Waals surface area contributed by atoms with E-state index < -0.39 is 0 Å². The lowest BCUT2D eigenvalue weighted by Gasteiger charge is -2.41. The number of nitrogens with one attached hydrogen (secondary N) is 1. The van der Waals surface area contributed by atoms with Crippen molar-refractivity contribution in [2.75, 3.05) is 5.32 Å². The van der Waals surface area contributed by atoms with Gasteiger partial charge in [0.1, 0.15) is 0 Å². The van der Waals surface area contributed by atoms with Crippen LogP contribution in [0.5, 0.6) is 0 Å². The van der Waals surface area contributed by atoms with Crippen LogP contribution in [-0.4, -0.2) is 10.5 Å². The van der Waals surface area contributed by atoms with E-state index >= 15 is 0 Å². The molecule has 1 aliphatic rings. The SMILES string of the molecule is CCC1(Nc2nc3ccc(Cl)cc3s2)CCC1. The Kier molecular flexibility index (Phi) is 2.75. The summed E-state index contributed by atoms with van der Waals surface area (Å²) in [6.45, 7) is 2.25. The molecule has 0 radical (unpaired) electrons. The van der Waals surface area contributed by atoms with Crippen LogP contribution in [0, 0.1) is 0 Å². The Morgan fingerprint density at radius 1 is 1.47 bits per heavy atom. The van der Waals surface area contributed by atoms with Gasteiger partial charge in [-0.1, -0.05) is 29.9 Å². The monoisotopic (exact) mass is 266 g/mol. The largest absolute Gasteiger partial charge is 0.356 e. The van der Waals surface area contributed by atoms with E-state index in [0.717, 1.165) is 20.4 Å². The van der Waals surface area contributed by atoms with Gasteiger partial charge in [0.2, 0.25) is 0 Å². The van der Waals surface area contributed by atoms with Crippen LogP contribution < -0.4 is 5.32 Å². The molecule has 3 rings (SSSR count). The predicted octanol–water partition coefficient (Wildman–Crippen LogP) is 4.69. The van der Waals surface area contributed by atoms with E-state index in [4.69, 9.17) is 11.6 Å². The van der Waals surface area contributed by atoms with Crippen LogP contribution in [0.15, 0.2) is 18.2 Å². The normalized spacial score (nSPS) is 18.0. The van der Waals surface area contributed by atoms with Crippen LogP contribution in [0.2, 0.25) is 5.02 Å². The number of fused-ring (bicyclic) bond motifs is 1. The van der Waals surface area contributed by atoms with Crippen molar-refractivity contribution in [3.63, 3.8) is 0 Å². The van der Waals surface area contributed by atoms with Gasteiger partial charge in [-0.2, -0.15) is 0 Å². The van der Waals surface area contributed by atoms with Crippen molar-refractivity contribution in [3.05, 3.63) is 23.2 Å². The Morgan fingerprint density at radius 3 is 2.94 bits per heavy atom. The average molecular weight is 267 g/mol. The first-order valence-electron chi connectivity index (χ1n) is 6.05. The number of anilines is 1. The van der Waals surface area contributed by atoms with Crippen molar-refractivity contribution in [2.24, 2.45) is 0 Å². The summed E-state index contributed by atoms with van der Waals surface area (Å²) < 4.78 is 1.16. The minimum Gasteiger partial charge on any atom is -0.356 e. The van der Waals surface area contributed by atoms with Gasteiger partial charge in [-0.3, -0.25) is 0 Å². The minimum absolute atomic E-state index is 0.303. The number of aromatic nitrogens is 1. The Balaban J connectivity index is 1.90. The van der Waals surface area contributed by atoms with Crippen molar-refractivity contribution in [2.45, 2.75) is 38.1 Å². The molecule has 1 heterocycles. The number of halogens is 1. The van der Waals surface area contributed by atoms with Crippen LogP contribution in [0.4, 0.5) is 5.13 Å². The zero-order chi connectivity index (χ0) is 11.9. The zero-order valence-corrected chi connectivity index (χ0v) is 11.4. The molecule has 0 amide bonds. The third kappa shape index (κ3) is 2.02. The fourth-order valence-electron chi connectivity index (χ4n) is 2.35. The molecule has 0 spiro atoms. The lowest BCUT2D eigenvalue weighted by molar-refractivity contribution is 0.269. The quantitative estimate of drug-likeness (QED) is 0.871. The zero-order valence-electron chi connectivity index (χ0n) is 9.79. The summed E-state index contributed by atoms with van der Waals surface area (Å²) in [4.78, 5) is 4.62. The summed E-state index contributed by atoms with van der Waals surface area (Å²) in [5, 5.41) is 5.43. The van der Waals surface area contributed by atoms with Gasteiger partial charge in [0.15, 0.2) is 5.13 Å². The van der Waals surface area contributed by atoms with E-state index in [1.165, 1.54) is 25.7 Å². The topological polar surface area (TPSA) is 24.9 Å². The number of thiazole rings is 1. The molecule has 1 aromatic carbocycles. The molecule has 17 heavy (non-hydrogen) atoms. The van der Waals surface area contributed by atoms with E-state index in [1.807, 2.05) is 18.2 Å². The second-order valence-electron chi connectivity index (χ2n) is 4.74. The van der Waals surface area contributed by atoms with E-state index in [1.54, 1.807) is 11.3 Å². The lowest BCUT2D eigenvalue weighted by atomic mass is 9.75. The summed E-state index contributed by atoms with van der Waals surface area (Å²) in [5.41, 5.74) is 1.34. The maximum atomic E-state index is 5.99. The van der Waals surface area contributed by atoms with Gasteiger partial charge in [0.25, 0.3) is 0 Å². The minimum atomic E-state index is 0.303. The molecule has 1 aliphatic carbocycles. The molecule has 2 aromatic rings. The third-order valence-electron chi connectivity index (χ3n) is 3.71. The Labute approximate surface area is 110 Å². The van der Waals surface area contributed by atoms with Gasteiger partial charge >= 0.3 is 0 Å². The molecular weight excluding hydrogens is 252 g/mol. The van der Waals surface area contributed by atoms with Crippen molar-refractivity contribution < 1.29 is 0 Å². The molecule has 0 atom stereocenters. The first-order valence-corrected chi connectivity index (χ1v) is 7.24. The maximum Gasteiger partial charge on any atom is 0.184 e. The fourth-order valence-corrected chi connectivity index (χ4v) is 3.61. The van der Waals surface area contributed by atoms with Gasteiger partial charge in [0.05, 0.1) is 10.2 Å². The molecule has 0 aliphatic heterocycles. The number of nitrogens with zero attached hydrogens (tertiary/aromatic N) is 1. The van der Waals surface area contributed by atoms with Crippen molar-refractivity contribution >= 4 is 38.3 Å². The van der Waals surface area contributed by atoms with Crippen molar-refractivity contribution in [1.29, 1.82) is 0 Å². The molecule has 1 saturated carbocycles. The number of hydrogen-bond acceptors (Lipinski definition) is 3. The first-order chi connectivity index (χ1) is 8.21. The van der Waals surface area contributed by atoms with E-state index in [-0.39, 0.29) is 0 Å². The Morgan fingerprint density at radius 2 is 2.29 bits per heavy atom. The molecule has 1 N–H and O–H groups in total. The molecule has 1 aromatic heterocycles. The molecule has 4 heteroatoms. The number of benzene rings is 1. The molecule has 0 bridgehead atoms. The van der Waals surface area contributed by atoms with Crippen LogP contribution in [0.1, 0.15) is 32.6 Å². The van der Waals surface area contributed by atoms with E-state index in [2.05, 4.69) is 17.2 Å². The number of rotatable bonds is 3. The van der Waals surface area contributed by atoms with Gasteiger partial charge in [-0.05, 0) is 43.9 Å². The number of hydrogen-bond donors (Lipinski definition) is 1. The second-order valence-corrected chi connectivity index (χ2v) is 6.21. The highest BCUT2D eigenvalue weighted by Crippen LogP contribution is 2.39. The maximum absolute atomic E-state index is 5.99. The summed E-state index contributed by atoms with van der Waals surface area (Å²) >= 11 is 7.68.